The molecular weight excluding hydrogens is 446 g/mol. The normalized spacial score (nSPS) is 22.2. The van der Waals surface area contributed by atoms with E-state index in [9.17, 15) is 22.8 Å². The molecule has 0 saturated carbocycles. The lowest BCUT2D eigenvalue weighted by molar-refractivity contribution is -0.925. The lowest BCUT2D eigenvalue weighted by Crippen LogP contribution is -2.61. The third-order valence-corrected chi connectivity index (χ3v) is 8.08. The Morgan fingerprint density at radius 3 is 2.70 bits per heavy atom. The number of esters is 1. The van der Waals surface area contributed by atoms with Gasteiger partial charge < -0.3 is 14.5 Å². The molecule has 180 valence electrons. The molecule has 1 aromatic rings. The quantitative estimate of drug-likeness (QED) is 0.291. The summed E-state index contributed by atoms with van der Waals surface area (Å²) in [6.07, 6.45) is 2.72. The summed E-state index contributed by atoms with van der Waals surface area (Å²) >= 11 is 0. The third-order valence-electron chi connectivity index (χ3n) is 6.06. The van der Waals surface area contributed by atoms with E-state index in [1.165, 1.54) is 6.08 Å². The molecule has 33 heavy (non-hydrogen) atoms. The molecule has 2 atom stereocenters. The summed E-state index contributed by atoms with van der Waals surface area (Å²) in [4.78, 5) is 36.5. The van der Waals surface area contributed by atoms with Crippen LogP contribution in [0.4, 0.5) is 0 Å². The minimum atomic E-state index is -3.55. The summed E-state index contributed by atoms with van der Waals surface area (Å²) in [5.74, 6) is -1.01. The van der Waals surface area contributed by atoms with Crippen LogP contribution in [0.5, 0.6) is 0 Å². The number of carbonyl (C=O) groups is 3. The second kappa shape index (κ2) is 10.5. The Morgan fingerprint density at radius 1 is 1.30 bits per heavy atom. The van der Waals surface area contributed by atoms with Gasteiger partial charge in [0.2, 0.25) is 10.0 Å². The van der Waals surface area contributed by atoms with Crippen LogP contribution in [0.15, 0.2) is 36.9 Å². The van der Waals surface area contributed by atoms with Crippen LogP contribution in [0, 0.1) is 0 Å². The van der Waals surface area contributed by atoms with E-state index in [-0.39, 0.29) is 49.7 Å². The number of nitrogens with one attached hydrogen (secondary N) is 1. The number of amides is 2. The minimum Gasteiger partial charge on any atom is -0.461 e. The fourth-order valence-corrected chi connectivity index (χ4v) is 6.35. The number of ether oxygens (including phenoxy) is 1. The fraction of sp³-hybridized carbons (Fsp3) is 0.522. The molecule has 0 aromatic heterocycles. The van der Waals surface area contributed by atoms with E-state index in [0.717, 1.165) is 16.4 Å². The standard InChI is InChI=1S/C23H31N3O6S/c1-3-13-32-22(28)9-11-24-23(29)19-7-5-18(6-8-19)15-26-12-10-20(16-26)25(21(27)17-26)33(30,31)14-4-2/h3,5-8,20H,1,4,9-17H2,2H3/p+1. The van der Waals surface area contributed by atoms with Crippen molar-refractivity contribution in [3.8, 4) is 0 Å². The Morgan fingerprint density at radius 2 is 2.03 bits per heavy atom. The van der Waals surface area contributed by atoms with Crippen LogP contribution in [0.1, 0.15) is 42.1 Å². The predicted octanol–water partition coefficient (Wildman–Crippen LogP) is 1.21. The fourth-order valence-electron chi connectivity index (χ4n) is 4.64. The zero-order chi connectivity index (χ0) is 24.1. The monoisotopic (exact) mass is 478 g/mol. The molecule has 2 bridgehead atoms. The van der Waals surface area contributed by atoms with Crippen LogP contribution in [0.2, 0.25) is 0 Å². The second-order valence-electron chi connectivity index (χ2n) is 8.69. The van der Waals surface area contributed by atoms with Crippen molar-refractivity contribution in [3.63, 3.8) is 0 Å². The average Bonchev–Trinajstić information content (AvgIpc) is 3.08. The van der Waals surface area contributed by atoms with Gasteiger partial charge in [0.15, 0.2) is 6.54 Å². The number of carbonyl (C=O) groups excluding carboxylic acids is 3. The van der Waals surface area contributed by atoms with Crippen molar-refractivity contribution >= 4 is 27.8 Å². The number of nitrogens with zero attached hydrogens (tertiary/aromatic N) is 2. The first-order chi connectivity index (χ1) is 15.7. The molecule has 0 radical (unpaired) electrons. The first kappa shape index (κ1) is 24.9. The van der Waals surface area contributed by atoms with E-state index in [1.807, 2.05) is 12.1 Å². The predicted molar refractivity (Wildman–Crippen MR) is 122 cm³/mol. The Hall–Kier alpha value is -2.72. The van der Waals surface area contributed by atoms with E-state index in [0.29, 0.717) is 36.0 Å². The highest BCUT2D eigenvalue weighted by Crippen LogP contribution is 2.33. The van der Waals surface area contributed by atoms with Gasteiger partial charge in [-0.25, -0.2) is 12.7 Å². The molecule has 2 heterocycles. The van der Waals surface area contributed by atoms with Crippen molar-refractivity contribution in [1.82, 2.24) is 9.62 Å². The number of hydrogen-bond acceptors (Lipinski definition) is 6. The molecule has 0 spiro atoms. The first-order valence-electron chi connectivity index (χ1n) is 11.2. The van der Waals surface area contributed by atoms with Gasteiger partial charge in [-0.1, -0.05) is 31.7 Å². The van der Waals surface area contributed by atoms with Crippen LogP contribution in [-0.4, -0.2) is 79.6 Å². The van der Waals surface area contributed by atoms with Gasteiger partial charge in [0.1, 0.15) is 25.7 Å². The SMILES string of the molecule is C=CCOC(=O)CCNC(=O)c1ccc(C[N+]23CCC(C2)N(S(=O)(=O)CCC)C(=O)C3)cc1. The molecule has 2 amide bonds. The molecule has 3 rings (SSSR count). The number of sulfonamides is 1. The van der Waals surface area contributed by atoms with Gasteiger partial charge in [0, 0.05) is 24.1 Å². The highest BCUT2D eigenvalue weighted by atomic mass is 32.2. The van der Waals surface area contributed by atoms with Gasteiger partial charge in [-0.3, -0.25) is 14.4 Å². The molecule has 2 saturated heterocycles. The van der Waals surface area contributed by atoms with Gasteiger partial charge in [0.25, 0.3) is 11.8 Å². The molecule has 2 aliphatic rings. The van der Waals surface area contributed by atoms with Gasteiger partial charge >= 0.3 is 5.97 Å². The number of rotatable bonds is 11. The van der Waals surface area contributed by atoms with E-state index >= 15 is 0 Å². The maximum Gasteiger partial charge on any atom is 0.307 e. The first-order valence-corrected chi connectivity index (χ1v) is 12.8. The van der Waals surface area contributed by atoms with E-state index in [2.05, 4.69) is 11.9 Å². The maximum absolute atomic E-state index is 12.8. The molecule has 1 aromatic carbocycles. The van der Waals surface area contributed by atoms with Crippen molar-refractivity contribution < 1.29 is 32.0 Å². The van der Waals surface area contributed by atoms with Crippen LogP contribution in [0.25, 0.3) is 0 Å². The summed E-state index contributed by atoms with van der Waals surface area (Å²) < 4.78 is 31.6. The van der Waals surface area contributed by atoms with Crippen LogP contribution < -0.4 is 5.32 Å². The maximum atomic E-state index is 12.8. The molecule has 2 fully saturated rings. The van der Waals surface area contributed by atoms with Crippen LogP contribution >= 0.6 is 0 Å². The summed E-state index contributed by atoms with van der Waals surface area (Å²) in [6.45, 7) is 7.74. The van der Waals surface area contributed by atoms with Gasteiger partial charge in [-0.2, -0.15) is 0 Å². The Bertz CT molecular complexity index is 1010. The van der Waals surface area contributed by atoms with E-state index < -0.39 is 16.0 Å². The van der Waals surface area contributed by atoms with Gasteiger partial charge in [-0.05, 0) is 18.6 Å². The lowest BCUT2D eigenvalue weighted by atomic mass is 10.1. The topological polar surface area (TPSA) is 110 Å². The van der Waals surface area contributed by atoms with Gasteiger partial charge in [0.05, 0.1) is 18.7 Å². The molecule has 1 N–H and O–H groups in total. The lowest BCUT2D eigenvalue weighted by Gasteiger charge is -2.40. The van der Waals surface area contributed by atoms with Crippen molar-refractivity contribution in [2.45, 2.75) is 38.8 Å². The smallest absolute Gasteiger partial charge is 0.307 e. The summed E-state index contributed by atoms with van der Waals surface area (Å²) in [5.41, 5.74) is 1.46. The van der Waals surface area contributed by atoms with Crippen molar-refractivity contribution in [1.29, 1.82) is 0 Å². The van der Waals surface area contributed by atoms with Crippen LogP contribution in [-0.2, 0) is 30.9 Å². The van der Waals surface area contributed by atoms with Crippen molar-refractivity contribution in [2.24, 2.45) is 0 Å². The molecule has 10 heteroatoms. The number of piperazine rings is 1. The molecular formula is C23H32N3O6S+. The number of benzene rings is 1. The minimum absolute atomic E-state index is 0.00518. The van der Waals surface area contributed by atoms with Crippen molar-refractivity contribution in [2.75, 3.05) is 38.5 Å². The second-order valence-corrected chi connectivity index (χ2v) is 10.7. The molecule has 9 nitrogen and oxygen atoms in total. The summed E-state index contributed by atoms with van der Waals surface area (Å²) in [6, 6.07) is 6.88. The molecule has 2 unspecified atom stereocenters. The largest absolute Gasteiger partial charge is 0.461 e. The number of fused-ring (bicyclic) bond motifs is 2. The highest BCUT2D eigenvalue weighted by molar-refractivity contribution is 7.89. The Balaban J connectivity index is 1.56. The van der Waals surface area contributed by atoms with Crippen molar-refractivity contribution in [3.05, 3.63) is 48.0 Å². The zero-order valence-electron chi connectivity index (χ0n) is 19.0. The highest BCUT2D eigenvalue weighted by Gasteiger charge is 2.52. The summed E-state index contributed by atoms with van der Waals surface area (Å²) in [7, 11) is -3.55. The average molecular weight is 479 g/mol. The summed E-state index contributed by atoms with van der Waals surface area (Å²) in [5, 5.41) is 2.69. The zero-order valence-corrected chi connectivity index (χ0v) is 19.8. The number of quaternary nitrogens is 1. The Kier molecular flexibility index (Phi) is 7.91. The Labute approximate surface area is 195 Å². The van der Waals surface area contributed by atoms with Crippen LogP contribution in [0.3, 0.4) is 0 Å². The van der Waals surface area contributed by atoms with E-state index in [4.69, 9.17) is 4.74 Å². The van der Waals surface area contributed by atoms with Gasteiger partial charge in [-0.15, -0.1) is 0 Å². The van der Waals surface area contributed by atoms with E-state index in [1.54, 1.807) is 19.1 Å². The molecule has 2 aliphatic heterocycles. The number of hydrogen-bond donors (Lipinski definition) is 1. The molecule has 0 aliphatic carbocycles. The third kappa shape index (κ3) is 6.00.